The molecule has 0 aromatic heterocycles. The zero-order valence-corrected chi connectivity index (χ0v) is 13.3. The van der Waals surface area contributed by atoms with Gasteiger partial charge in [-0.15, -0.1) is 0 Å². The Morgan fingerprint density at radius 1 is 1.22 bits per heavy atom. The Balaban J connectivity index is 2.37. The fourth-order valence-corrected chi connectivity index (χ4v) is 4.18. The van der Waals surface area contributed by atoms with Crippen molar-refractivity contribution in [3.8, 4) is 0 Å². The topological polar surface area (TPSA) is 18.5 Å². The highest BCUT2D eigenvalue weighted by atomic mass is 28.3. The molecule has 0 aromatic carbocycles. The van der Waals surface area contributed by atoms with Crippen LogP contribution in [-0.4, -0.2) is 15.9 Å². The summed E-state index contributed by atoms with van der Waals surface area (Å²) in [5.74, 6) is 1.84. The number of hydrogen-bond acceptors (Lipinski definition) is 2. The van der Waals surface area contributed by atoms with E-state index in [2.05, 4.69) is 26.8 Å². The minimum absolute atomic E-state index is 0.745. The minimum atomic E-state index is -1.08. The first-order chi connectivity index (χ1) is 8.76. The largest absolute Gasteiger partial charge is 0.523 e. The Morgan fingerprint density at radius 2 is 1.94 bits per heavy atom. The summed E-state index contributed by atoms with van der Waals surface area (Å²) >= 11 is 0. The van der Waals surface area contributed by atoms with Crippen molar-refractivity contribution in [3.05, 3.63) is 11.8 Å². The second-order valence-electron chi connectivity index (χ2n) is 5.19. The second kappa shape index (κ2) is 9.62. The van der Waals surface area contributed by atoms with Crippen LogP contribution < -0.4 is 0 Å². The van der Waals surface area contributed by atoms with Gasteiger partial charge >= 0.3 is 9.28 Å². The van der Waals surface area contributed by atoms with E-state index in [4.69, 9.17) is 8.85 Å². The first kappa shape index (κ1) is 15.8. The van der Waals surface area contributed by atoms with Gasteiger partial charge in [-0.1, -0.05) is 39.0 Å². The maximum atomic E-state index is 6.04. The lowest BCUT2D eigenvalue weighted by atomic mass is 9.89. The van der Waals surface area contributed by atoms with E-state index in [1.807, 2.05) is 0 Å². The van der Waals surface area contributed by atoms with Crippen LogP contribution in [0.3, 0.4) is 0 Å². The van der Waals surface area contributed by atoms with Gasteiger partial charge in [0.2, 0.25) is 0 Å². The summed E-state index contributed by atoms with van der Waals surface area (Å²) in [6, 6.07) is 1.10. The molecule has 0 saturated heterocycles. The van der Waals surface area contributed by atoms with Crippen molar-refractivity contribution < 1.29 is 8.85 Å². The molecule has 0 N–H and O–H groups in total. The first-order valence-electron chi connectivity index (χ1n) is 7.61. The van der Waals surface area contributed by atoms with Crippen molar-refractivity contribution in [1.82, 2.24) is 0 Å². The van der Waals surface area contributed by atoms with Crippen LogP contribution in [-0.2, 0) is 8.85 Å². The molecule has 1 fully saturated rings. The van der Waals surface area contributed by atoms with Crippen LogP contribution in [0.25, 0.3) is 0 Å². The third kappa shape index (κ3) is 6.60. The van der Waals surface area contributed by atoms with Gasteiger partial charge in [-0.05, 0) is 38.7 Å². The number of unbranched alkanes of at least 4 members (excludes halogenated alkanes) is 1. The van der Waals surface area contributed by atoms with Gasteiger partial charge in [0.05, 0.1) is 5.76 Å². The Hall–Kier alpha value is -0.283. The van der Waals surface area contributed by atoms with Crippen LogP contribution >= 0.6 is 0 Å². The molecule has 1 radical (unpaired) electrons. The van der Waals surface area contributed by atoms with Crippen molar-refractivity contribution >= 4 is 9.28 Å². The lowest BCUT2D eigenvalue weighted by Gasteiger charge is -2.21. The summed E-state index contributed by atoms with van der Waals surface area (Å²) in [5.41, 5.74) is 0. The summed E-state index contributed by atoms with van der Waals surface area (Å²) in [5, 5.41) is 0. The van der Waals surface area contributed by atoms with E-state index >= 15 is 0 Å². The summed E-state index contributed by atoms with van der Waals surface area (Å²) in [6.07, 6.45) is 11.6. The van der Waals surface area contributed by atoms with Crippen molar-refractivity contribution in [2.24, 2.45) is 5.92 Å². The van der Waals surface area contributed by atoms with Crippen LogP contribution in [0.5, 0.6) is 0 Å². The molecule has 0 bridgehead atoms. The molecule has 1 aliphatic rings. The molecule has 0 aliphatic heterocycles. The maximum absolute atomic E-state index is 6.04. The summed E-state index contributed by atoms with van der Waals surface area (Å²) in [7, 11) is -1.08. The third-order valence-corrected chi connectivity index (χ3v) is 5.36. The molecule has 2 nitrogen and oxygen atoms in total. The van der Waals surface area contributed by atoms with Gasteiger partial charge < -0.3 is 8.85 Å². The molecule has 1 aliphatic carbocycles. The predicted octanol–water partition coefficient (Wildman–Crippen LogP) is 4.81. The smallest absolute Gasteiger partial charge is 0.457 e. The number of hydrogen-bond donors (Lipinski definition) is 0. The lowest BCUT2D eigenvalue weighted by molar-refractivity contribution is 0.244. The fraction of sp³-hybridized carbons (Fsp3) is 0.867. The Labute approximate surface area is 115 Å². The highest BCUT2D eigenvalue weighted by molar-refractivity contribution is 6.44. The van der Waals surface area contributed by atoms with Gasteiger partial charge in [0.25, 0.3) is 0 Å². The van der Waals surface area contributed by atoms with Crippen LogP contribution in [0.2, 0.25) is 6.04 Å². The average molecular weight is 269 g/mol. The number of rotatable bonds is 8. The van der Waals surface area contributed by atoms with Gasteiger partial charge in [0.1, 0.15) is 0 Å². The third-order valence-electron chi connectivity index (χ3n) is 3.43. The quantitative estimate of drug-likeness (QED) is 0.465. The van der Waals surface area contributed by atoms with Crippen LogP contribution in [0, 0.1) is 5.92 Å². The molecule has 105 valence electrons. The van der Waals surface area contributed by atoms with Crippen LogP contribution in [0.15, 0.2) is 11.8 Å². The van der Waals surface area contributed by atoms with E-state index in [1.54, 1.807) is 0 Å². The van der Waals surface area contributed by atoms with Crippen molar-refractivity contribution in [2.45, 2.75) is 71.8 Å². The van der Waals surface area contributed by atoms with E-state index in [0.717, 1.165) is 24.3 Å². The van der Waals surface area contributed by atoms with Gasteiger partial charge in [-0.25, -0.2) is 0 Å². The highest BCUT2D eigenvalue weighted by Crippen LogP contribution is 2.26. The van der Waals surface area contributed by atoms with E-state index in [1.165, 1.54) is 44.9 Å². The van der Waals surface area contributed by atoms with Gasteiger partial charge in [0, 0.05) is 12.7 Å². The van der Waals surface area contributed by atoms with Gasteiger partial charge in [-0.2, -0.15) is 0 Å². The monoisotopic (exact) mass is 269 g/mol. The standard InChI is InChI=1S/C15H29O2Si/c1-4-6-12-18(16-5-2)17-14(3)13-15-10-8-7-9-11-15/h13,15H,4-12H2,1-3H3. The molecule has 0 aromatic rings. The lowest BCUT2D eigenvalue weighted by Crippen LogP contribution is -2.22. The Bertz CT molecular complexity index is 235. The second-order valence-corrected chi connectivity index (χ2v) is 6.92. The zero-order chi connectivity index (χ0) is 13.2. The molecule has 1 saturated carbocycles. The summed E-state index contributed by atoms with van der Waals surface area (Å²) < 4.78 is 11.8. The summed E-state index contributed by atoms with van der Waals surface area (Å²) in [4.78, 5) is 0. The zero-order valence-electron chi connectivity index (χ0n) is 12.3. The first-order valence-corrected chi connectivity index (χ1v) is 9.13. The molecule has 1 rings (SSSR count). The SMILES string of the molecule is CCCC[Si](OCC)OC(C)=CC1CCCCC1. The Kier molecular flexibility index (Phi) is 8.43. The highest BCUT2D eigenvalue weighted by Gasteiger charge is 2.18. The van der Waals surface area contributed by atoms with E-state index in [0.29, 0.717) is 0 Å². The molecular formula is C15H29O2Si. The van der Waals surface area contributed by atoms with Crippen molar-refractivity contribution in [2.75, 3.05) is 6.61 Å². The van der Waals surface area contributed by atoms with Crippen molar-refractivity contribution in [3.63, 3.8) is 0 Å². The fourth-order valence-electron chi connectivity index (χ4n) is 2.48. The van der Waals surface area contributed by atoms with E-state index in [9.17, 15) is 0 Å². The van der Waals surface area contributed by atoms with E-state index in [-0.39, 0.29) is 0 Å². The molecule has 0 atom stereocenters. The van der Waals surface area contributed by atoms with Gasteiger partial charge in [-0.3, -0.25) is 0 Å². The molecule has 0 heterocycles. The van der Waals surface area contributed by atoms with Gasteiger partial charge in [0.15, 0.2) is 0 Å². The van der Waals surface area contributed by atoms with Crippen LogP contribution in [0.1, 0.15) is 65.7 Å². The van der Waals surface area contributed by atoms with Crippen LogP contribution in [0.4, 0.5) is 0 Å². The minimum Gasteiger partial charge on any atom is -0.523 e. The maximum Gasteiger partial charge on any atom is 0.457 e. The Morgan fingerprint density at radius 3 is 2.56 bits per heavy atom. The normalized spacial score (nSPS) is 18.3. The summed E-state index contributed by atoms with van der Waals surface area (Å²) in [6.45, 7) is 7.15. The molecule has 3 heteroatoms. The molecule has 0 unspecified atom stereocenters. The molecule has 0 spiro atoms. The van der Waals surface area contributed by atoms with E-state index < -0.39 is 9.28 Å². The number of allylic oxidation sites excluding steroid dienone is 2. The molecular weight excluding hydrogens is 240 g/mol. The molecule has 0 amide bonds. The predicted molar refractivity (Wildman–Crippen MR) is 78.5 cm³/mol. The molecule has 18 heavy (non-hydrogen) atoms. The van der Waals surface area contributed by atoms with Crippen molar-refractivity contribution in [1.29, 1.82) is 0 Å². The average Bonchev–Trinajstić information content (AvgIpc) is 2.37.